The van der Waals surface area contributed by atoms with E-state index < -0.39 is 11.7 Å². The molecule has 8 nitrogen and oxygen atoms in total. The second kappa shape index (κ2) is 6.93. The number of para-hydroxylation sites is 1. The molecule has 8 heteroatoms. The van der Waals surface area contributed by atoms with Crippen molar-refractivity contribution >= 4 is 33.9 Å². The van der Waals surface area contributed by atoms with Gasteiger partial charge >= 0.3 is 0 Å². The molecule has 3 heterocycles. The van der Waals surface area contributed by atoms with E-state index in [-0.39, 0.29) is 0 Å². The summed E-state index contributed by atoms with van der Waals surface area (Å²) in [6, 6.07) is 18.2. The molecule has 2 aromatic carbocycles. The predicted octanol–water partition coefficient (Wildman–Crippen LogP) is 3.40. The summed E-state index contributed by atoms with van der Waals surface area (Å²) in [4.78, 5) is 28.1. The van der Waals surface area contributed by atoms with E-state index >= 15 is 0 Å². The number of ketones is 1. The van der Waals surface area contributed by atoms with Gasteiger partial charge in [-0.2, -0.15) is 9.61 Å². The minimum atomic E-state index is -0.688. The average Bonchev–Trinajstić information content (AvgIpc) is 3.37. The molecule has 3 aromatic heterocycles. The van der Waals surface area contributed by atoms with Crippen molar-refractivity contribution in [2.75, 3.05) is 5.32 Å². The Labute approximate surface area is 170 Å². The predicted molar refractivity (Wildman–Crippen MR) is 112 cm³/mol. The lowest BCUT2D eigenvalue weighted by Gasteiger charge is -2.06. The molecular formula is C22H16N6O2. The van der Waals surface area contributed by atoms with Crippen LogP contribution in [0.25, 0.3) is 27.8 Å². The van der Waals surface area contributed by atoms with Crippen molar-refractivity contribution in [3.63, 3.8) is 0 Å². The largest absolute Gasteiger partial charge is 0.360 e. The highest BCUT2D eigenvalue weighted by atomic mass is 16.2. The van der Waals surface area contributed by atoms with Crippen LogP contribution >= 0.6 is 0 Å². The Morgan fingerprint density at radius 1 is 0.967 bits per heavy atom. The molecule has 30 heavy (non-hydrogen) atoms. The quantitative estimate of drug-likeness (QED) is 0.358. The molecule has 0 aliphatic heterocycles. The molecule has 1 amide bonds. The first-order valence-corrected chi connectivity index (χ1v) is 9.31. The van der Waals surface area contributed by atoms with Gasteiger partial charge in [-0.15, -0.1) is 10.2 Å². The number of nitrogens with zero attached hydrogens (tertiary/aromatic N) is 4. The molecule has 0 bridgehead atoms. The van der Waals surface area contributed by atoms with Gasteiger partial charge < -0.3 is 10.3 Å². The van der Waals surface area contributed by atoms with Gasteiger partial charge in [0.05, 0.1) is 11.3 Å². The van der Waals surface area contributed by atoms with Crippen LogP contribution in [0.1, 0.15) is 16.2 Å². The van der Waals surface area contributed by atoms with E-state index in [0.29, 0.717) is 22.7 Å². The third kappa shape index (κ3) is 3.00. The Morgan fingerprint density at radius 2 is 1.77 bits per heavy atom. The zero-order valence-electron chi connectivity index (χ0n) is 16.0. The van der Waals surface area contributed by atoms with Crippen LogP contribution in [0.4, 0.5) is 5.69 Å². The van der Waals surface area contributed by atoms with Crippen LogP contribution in [0.2, 0.25) is 0 Å². The second-order valence-corrected chi connectivity index (χ2v) is 6.84. The number of aryl methyl sites for hydroxylation is 1. The van der Waals surface area contributed by atoms with E-state index in [9.17, 15) is 9.59 Å². The van der Waals surface area contributed by atoms with Gasteiger partial charge in [0.15, 0.2) is 11.5 Å². The van der Waals surface area contributed by atoms with E-state index in [1.807, 2.05) is 55.5 Å². The van der Waals surface area contributed by atoms with Gasteiger partial charge in [0, 0.05) is 28.4 Å². The molecule has 5 aromatic rings. The van der Waals surface area contributed by atoms with Crippen molar-refractivity contribution in [1.82, 2.24) is 24.8 Å². The molecule has 2 N–H and O–H groups in total. The fraction of sp³-hybridized carbons (Fsp3) is 0.0455. The molecule has 0 radical (unpaired) electrons. The number of carbonyl (C=O) groups excluding carboxylic acids is 2. The maximum atomic E-state index is 12.6. The van der Waals surface area contributed by atoms with Gasteiger partial charge in [0.2, 0.25) is 0 Å². The number of amides is 1. The number of anilines is 1. The Morgan fingerprint density at radius 3 is 2.60 bits per heavy atom. The first-order chi connectivity index (χ1) is 14.6. The van der Waals surface area contributed by atoms with E-state index in [1.165, 1.54) is 0 Å². The van der Waals surface area contributed by atoms with Gasteiger partial charge in [-0.05, 0) is 37.3 Å². The van der Waals surface area contributed by atoms with Crippen molar-refractivity contribution in [3.05, 3.63) is 78.2 Å². The summed E-state index contributed by atoms with van der Waals surface area (Å²) in [5.41, 5.74) is 3.98. The van der Waals surface area contributed by atoms with Gasteiger partial charge in [0.25, 0.3) is 11.7 Å². The Bertz CT molecular complexity index is 1410. The van der Waals surface area contributed by atoms with Crippen molar-refractivity contribution in [1.29, 1.82) is 0 Å². The van der Waals surface area contributed by atoms with Crippen LogP contribution in [-0.4, -0.2) is 36.5 Å². The molecular weight excluding hydrogens is 380 g/mol. The van der Waals surface area contributed by atoms with Crippen LogP contribution in [0.5, 0.6) is 0 Å². The molecule has 0 saturated heterocycles. The number of benzene rings is 2. The van der Waals surface area contributed by atoms with E-state index in [1.54, 1.807) is 22.8 Å². The maximum absolute atomic E-state index is 12.6. The molecule has 0 saturated carbocycles. The zero-order valence-corrected chi connectivity index (χ0v) is 16.0. The van der Waals surface area contributed by atoms with Gasteiger partial charge in [-0.1, -0.05) is 30.3 Å². The zero-order chi connectivity index (χ0) is 20.7. The lowest BCUT2D eigenvalue weighted by molar-refractivity contribution is -0.112. The van der Waals surface area contributed by atoms with Gasteiger partial charge in [-0.3, -0.25) is 9.59 Å². The molecule has 0 unspecified atom stereocenters. The fourth-order valence-corrected chi connectivity index (χ4v) is 3.34. The molecule has 0 spiro atoms. The minimum Gasteiger partial charge on any atom is -0.360 e. The third-order valence-electron chi connectivity index (χ3n) is 4.90. The topological polar surface area (TPSA) is 105 Å². The lowest BCUT2D eigenvalue weighted by Crippen LogP contribution is -2.22. The molecule has 146 valence electrons. The maximum Gasteiger partial charge on any atom is 0.296 e. The van der Waals surface area contributed by atoms with Gasteiger partial charge in [0.1, 0.15) is 0 Å². The minimum absolute atomic E-state index is 0.349. The Hall–Kier alpha value is -4.33. The second-order valence-electron chi connectivity index (χ2n) is 6.84. The molecule has 0 atom stereocenters. The average molecular weight is 396 g/mol. The van der Waals surface area contributed by atoms with Crippen molar-refractivity contribution < 1.29 is 9.59 Å². The highest BCUT2D eigenvalue weighted by molar-refractivity contribution is 6.48. The monoisotopic (exact) mass is 396 g/mol. The number of fused-ring (bicyclic) bond motifs is 2. The van der Waals surface area contributed by atoms with E-state index in [0.717, 1.165) is 22.2 Å². The SMILES string of the molecule is Cc1nnc2ccc(-c3ccc(NC(=O)C(=O)c4c[nH]c5ccccc45)cc3)nn12. The highest BCUT2D eigenvalue weighted by Gasteiger charge is 2.20. The number of hydrogen-bond acceptors (Lipinski definition) is 5. The third-order valence-corrected chi connectivity index (χ3v) is 4.90. The normalized spacial score (nSPS) is 11.1. The summed E-state index contributed by atoms with van der Waals surface area (Å²) in [7, 11) is 0. The molecule has 5 rings (SSSR count). The fourth-order valence-electron chi connectivity index (χ4n) is 3.34. The number of aromatic nitrogens is 5. The van der Waals surface area contributed by atoms with Crippen LogP contribution < -0.4 is 5.32 Å². The van der Waals surface area contributed by atoms with Crippen molar-refractivity contribution in [2.45, 2.75) is 6.92 Å². The smallest absolute Gasteiger partial charge is 0.296 e. The van der Waals surface area contributed by atoms with Crippen molar-refractivity contribution in [2.24, 2.45) is 0 Å². The first kappa shape index (κ1) is 17.7. The van der Waals surface area contributed by atoms with Crippen LogP contribution in [-0.2, 0) is 4.79 Å². The van der Waals surface area contributed by atoms with E-state index in [4.69, 9.17) is 0 Å². The van der Waals surface area contributed by atoms with Crippen LogP contribution in [0.3, 0.4) is 0 Å². The number of carbonyl (C=O) groups is 2. The number of H-pyrrole nitrogens is 1. The standard InChI is InChI=1S/C22H16N6O2/c1-13-25-26-20-11-10-18(27-28(13)20)14-6-8-15(9-7-14)24-22(30)21(29)17-12-23-19-5-3-2-4-16(17)19/h2-12,23H,1H3,(H,24,30). The summed E-state index contributed by atoms with van der Waals surface area (Å²) in [6.07, 6.45) is 1.56. The number of hydrogen-bond donors (Lipinski definition) is 2. The Balaban J connectivity index is 1.35. The molecule has 0 aliphatic rings. The number of nitrogens with one attached hydrogen (secondary N) is 2. The molecule has 0 aliphatic carbocycles. The Kier molecular flexibility index (Phi) is 4.10. The van der Waals surface area contributed by atoms with Crippen molar-refractivity contribution in [3.8, 4) is 11.3 Å². The number of Topliss-reactive ketones (excluding diaryl/α,β-unsaturated/α-hetero) is 1. The summed E-state index contributed by atoms with van der Waals surface area (Å²) in [5, 5.41) is 15.9. The summed E-state index contributed by atoms with van der Waals surface area (Å²) in [6.45, 7) is 1.83. The number of rotatable bonds is 4. The lowest BCUT2D eigenvalue weighted by atomic mass is 10.1. The summed E-state index contributed by atoms with van der Waals surface area (Å²) < 4.78 is 1.67. The first-order valence-electron chi connectivity index (χ1n) is 9.31. The summed E-state index contributed by atoms with van der Waals surface area (Å²) in [5.74, 6) is -0.578. The summed E-state index contributed by atoms with van der Waals surface area (Å²) >= 11 is 0. The van der Waals surface area contributed by atoms with E-state index in [2.05, 4.69) is 25.6 Å². The van der Waals surface area contributed by atoms with Crippen LogP contribution in [0, 0.1) is 6.92 Å². The van der Waals surface area contributed by atoms with Crippen LogP contribution in [0.15, 0.2) is 66.9 Å². The van der Waals surface area contributed by atoms with Gasteiger partial charge in [-0.25, -0.2) is 0 Å². The molecule has 0 fully saturated rings. The number of aromatic amines is 1. The highest BCUT2D eigenvalue weighted by Crippen LogP contribution is 2.21.